The van der Waals surface area contributed by atoms with Gasteiger partial charge in [0.2, 0.25) is 5.95 Å². The predicted molar refractivity (Wildman–Crippen MR) is 133 cm³/mol. The highest BCUT2D eigenvalue weighted by molar-refractivity contribution is 5.82. The number of aryl methyl sites for hydroxylation is 1. The molecule has 1 atom stereocenters. The van der Waals surface area contributed by atoms with Gasteiger partial charge >= 0.3 is 5.69 Å². The fraction of sp³-hybridized carbons (Fsp3) is 0.360. The molecule has 0 bridgehead atoms. The van der Waals surface area contributed by atoms with Gasteiger partial charge in [-0.2, -0.15) is 4.98 Å². The second-order valence-electron chi connectivity index (χ2n) is 8.67. The second-order valence-corrected chi connectivity index (χ2v) is 8.67. The van der Waals surface area contributed by atoms with Crippen LogP contribution >= 0.6 is 0 Å². The van der Waals surface area contributed by atoms with Crippen LogP contribution in [0, 0.1) is 11.8 Å². The number of rotatable bonds is 4. The number of para-hydroxylation sites is 1. The van der Waals surface area contributed by atoms with Gasteiger partial charge in [0.25, 0.3) is 5.56 Å². The predicted octanol–water partition coefficient (Wildman–Crippen LogP) is 1.44. The fourth-order valence-electron chi connectivity index (χ4n) is 4.70. The summed E-state index contributed by atoms with van der Waals surface area (Å²) in [6.07, 6.45) is 3.60. The molecule has 1 aromatic carbocycles. The van der Waals surface area contributed by atoms with Crippen molar-refractivity contribution in [3.63, 3.8) is 0 Å². The van der Waals surface area contributed by atoms with E-state index >= 15 is 0 Å². The lowest BCUT2D eigenvalue weighted by atomic mass is 10.1. The molecule has 9 nitrogen and oxygen atoms in total. The number of aromatic nitrogens is 5. The molecular weight excluding hydrogens is 430 g/mol. The Hall–Kier alpha value is -3.90. The summed E-state index contributed by atoms with van der Waals surface area (Å²) in [6, 6.07) is 9.59. The molecule has 2 N–H and O–H groups in total. The number of nitrogens with two attached hydrogens (primary N) is 1. The van der Waals surface area contributed by atoms with Gasteiger partial charge in [0.05, 0.1) is 18.6 Å². The van der Waals surface area contributed by atoms with E-state index in [0.717, 1.165) is 35.9 Å². The van der Waals surface area contributed by atoms with Gasteiger partial charge in [-0.25, -0.2) is 4.79 Å². The van der Waals surface area contributed by atoms with E-state index in [1.54, 1.807) is 20.2 Å². The van der Waals surface area contributed by atoms with Crippen molar-refractivity contribution in [3.05, 3.63) is 62.9 Å². The summed E-state index contributed by atoms with van der Waals surface area (Å²) in [7, 11) is 1.65. The van der Waals surface area contributed by atoms with Gasteiger partial charge in [0, 0.05) is 37.8 Å². The maximum Gasteiger partial charge on any atom is 0.332 e. The highest BCUT2D eigenvalue weighted by Gasteiger charge is 2.26. The number of imidazole rings is 1. The number of anilines is 1. The molecule has 1 fully saturated rings. The summed E-state index contributed by atoms with van der Waals surface area (Å²) >= 11 is 0. The third-order valence-corrected chi connectivity index (χ3v) is 6.43. The Morgan fingerprint density at radius 1 is 1.18 bits per heavy atom. The number of nitrogens with zero attached hydrogens (tertiary/aromatic N) is 6. The smallest absolute Gasteiger partial charge is 0.332 e. The molecule has 0 aliphatic carbocycles. The molecule has 9 heteroatoms. The van der Waals surface area contributed by atoms with Crippen molar-refractivity contribution >= 4 is 28.0 Å². The second kappa shape index (κ2) is 8.80. The molecule has 1 aliphatic heterocycles. The minimum absolute atomic E-state index is 0.0414. The lowest BCUT2D eigenvalue weighted by Gasteiger charge is -2.31. The molecule has 0 radical (unpaired) electrons. The van der Waals surface area contributed by atoms with Crippen molar-refractivity contribution in [1.29, 1.82) is 0 Å². The zero-order chi connectivity index (χ0) is 23.8. The summed E-state index contributed by atoms with van der Waals surface area (Å²) in [5.41, 5.74) is 7.83. The largest absolute Gasteiger partial charge is 0.341 e. The van der Waals surface area contributed by atoms with Gasteiger partial charge in [0.15, 0.2) is 11.2 Å². The van der Waals surface area contributed by atoms with E-state index in [1.807, 2.05) is 34.9 Å². The summed E-state index contributed by atoms with van der Waals surface area (Å²) in [4.78, 5) is 38.3. The minimum Gasteiger partial charge on any atom is -0.341 e. The third-order valence-electron chi connectivity index (χ3n) is 6.43. The summed E-state index contributed by atoms with van der Waals surface area (Å²) in [6.45, 7) is 3.65. The standard InChI is InChI=1S/C25H27N7O2/c1-3-4-14-31-21-22(28-24(31)30-13-7-8-18(26)16-30)29(2)25(34)32(23(21)33)15-17-11-12-27-20-10-6-5-9-19(17)20/h5-6,9-12,18H,7-8,13-16,26H2,1-2H3. The van der Waals surface area contributed by atoms with Gasteiger partial charge in [-0.15, -0.1) is 5.92 Å². The molecule has 34 heavy (non-hydrogen) atoms. The van der Waals surface area contributed by atoms with E-state index in [2.05, 4.69) is 21.7 Å². The van der Waals surface area contributed by atoms with E-state index in [1.165, 1.54) is 9.13 Å². The van der Waals surface area contributed by atoms with Crippen LogP contribution in [0.15, 0.2) is 46.1 Å². The van der Waals surface area contributed by atoms with Crippen LogP contribution in [0.2, 0.25) is 0 Å². The van der Waals surface area contributed by atoms with Crippen LogP contribution < -0.4 is 21.9 Å². The molecule has 1 saturated heterocycles. The number of hydrogen-bond acceptors (Lipinski definition) is 6. The van der Waals surface area contributed by atoms with E-state index in [9.17, 15) is 9.59 Å². The Balaban J connectivity index is 1.72. The van der Waals surface area contributed by atoms with E-state index < -0.39 is 5.69 Å². The molecule has 4 heterocycles. The Morgan fingerprint density at radius 3 is 2.79 bits per heavy atom. The first-order valence-electron chi connectivity index (χ1n) is 11.4. The zero-order valence-corrected chi connectivity index (χ0v) is 19.4. The number of pyridine rings is 1. The fourth-order valence-corrected chi connectivity index (χ4v) is 4.70. The Morgan fingerprint density at radius 2 is 2.00 bits per heavy atom. The van der Waals surface area contributed by atoms with Crippen LogP contribution in [-0.4, -0.2) is 42.8 Å². The monoisotopic (exact) mass is 457 g/mol. The molecule has 1 unspecified atom stereocenters. The Labute approximate surface area is 196 Å². The first-order valence-corrected chi connectivity index (χ1v) is 11.4. The molecule has 5 rings (SSSR count). The SMILES string of the molecule is CC#CCn1c(N2CCCC(N)C2)nc2c1c(=O)n(Cc1ccnc3ccccc13)c(=O)n2C. The lowest BCUT2D eigenvalue weighted by molar-refractivity contribution is 0.496. The first-order chi connectivity index (χ1) is 16.5. The topological polar surface area (TPSA) is 104 Å². The molecule has 174 valence electrons. The molecule has 3 aromatic heterocycles. The van der Waals surface area contributed by atoms with Gasteiger partial charge < -0.3 is 10.6 Å². The van der Waals surface area contributed by atoms with E-state index in [4.69, 9.17) is 10.7 Å². The maximum absolute atomic E-state index is 13.8. The number of piperidine rings is 1. The molecule has 0 amide bonds. The molecule has 0 saturated carbocycles. The van der Waals surface area contributed by atoms with Gasteiger partial charge in [-0.3, -0.25) is 23.5 Å². The van der Waals surface area contributed by atoms with Crippen LogP contribution in [0.4, 0.5) is 5.95 Å². The lowest BCUT2D eigenvalue weighted by Crippen LogP contribution is -2.44. The van der Waals surface area contributed by atoms with Gasteiger partial charge in [-0.1, -0.05) is 24.1 Å². The summed E-state index contributed by atoms with van der Waals surface area (Å²) in [5.74, 6) is 6.59. The average Bonchev–Trinajstić information content (AvgIpc) is 3.24. The van der Waals surface area contributed by atoms with Gasteiger partial charge in [0.1, 0.15) is 0 Å². The van der Waals surface area contributed by atoms with Crippen molar-refractivity contribution in [2.45, 2.75) is 38.9 Å². The van der Waals surface area contributed by atoms with Crippen molar-refractivity contribution in [1.82, 2.24) is 23.7 Å². The van der Waals surface area contributed by atoms with E-state index in [0.29, 0.717) is 30.2 Å². The Bertz CT molecular complexity index is 1560. The number of benzene rings is 1. The highest BCUT2D eigenvalue weighted by Crippen LogP contribution is 2.23. The van der Waals surface area contributed by atoms with Crippen molar-refractivity contribution in [2.24, 2.45) is 12.8 Å². The Kier molecular flexibility index (Phi) is 5.67. The maximum atomic E-state index is 13.8. The van der Waals surface area contributed by atoms with Gasteiger partial charge in [-0.05, 0) is 37.5 Å². The molecule has 0 spiro atoms. The molecule has 4 aromatic rings. The van der Waals surface area contributed by atoms with Crippen molar-refractivity contribution in [2.75, 3.05) is 18.0 Å². The highest BCUT2D eigenvalue weighted by atomic mass is 16.2. The van der Waals surface area contributed by atoms with Crippen molar-refractivity contribution < 1.29 is 0 Å². The summed E-state index contributed by atoms with van der Waals surface area (Å²) in [5, 5.41) is 0.910. The normalized spacial score (nSPS) is 16.1. The van der Waals surface area contributed by atoms with Crippen molar-refractivity contribution in [3.8, 4) is 11.8 Å². The third kappa shape index (κ3) is 3.66. The van der Waals surface area contributed by atoms with Crippen LogP contribution in [0.5, 0.6) is 0 Å². The molecular formula is C25H27N7O2. The van der Waals surface area contributed by atoms with Crippen LogP contribution in [-0.2, 0) is 20.1 Å². The molecule has 1 aliphatic rings. The van der Waals surface area contributed by atoms with E-state index in [-0.39, 0.29) is 18.1 Å². The van der Waals surface area contributed by atoms with Crippen LogP contribution in [0.3, 0.4) is 0 Å². The number of fused-ring (bicyclic) bond motifs is 2. The van der Waals surface area contributed by atoms with Crippen LogP contribution in [0.1, 0.15) is 25.3 Å². The average molecular weight is 458 g/mol. The quantitative estimate of drug-likeness (QED) is 0.465. The minimum atomic E-state index is -0.411. The first kappa shape index (κ1) is 21.9. The number of hydrogen-bond donors (Lipinski definition) is 1. The summed E-state index contributed by atoms with van der Waals surface area (Å²) < 4.78 is 4.55. The van der Waals surface area contributed by atoms with Crippen LogP contribution in [0.25, 0.3) is 22.1 Å². The zero-order valence-electron chi connectivity index (χ0n) is 19.4.